The van der Waals surface area contributed by atoms with Crippen LogP contribution in [0.2, 0.25) is 5.02 Å². The van der Waals surface area contributed by atoms with Crippen LogP contribution >= 0.6 is 11.6 Å². The number of aromatic nitrogens is 3. The predicted octanol–water partition coefficient (Wildman–Crippen LogP) is 3.90. The summed E-state index contributed by atoms with van der Waals surface area (Å²) in [6.45, 7) is 3.43. The minimum absolute atomic E-state index is 0.141. The number of pyridine rings is 1. The first kappa shape index (κ1) is 26.9. The second-order valence-electron chi connectivity index (χ2n) is 9.97. The molecule has 0 saturated heterocycles. The third-order valence-corrected chi connectivity index (χ3v) is 7.26. The lowest BCUT2D eigenvalue weighted by atomic mass is 9.88. The molecule has 1 fully saturated rings. The number of halogens is 3. The van der Waals surface area contributed by atoms with Crippen molar-refractivity contribution in [2.75, 3.05) is 11.9 Å². The standard InChI is InChI=1S/C27H27ClF2N6O3/c1-14-4-3-5-16(8-14)21(13-37)34-24(38)15(2)36-12-17-6-7-20(33-22(17)25(36)39)23-19(28)11-31-26(35-23)32-18-9-27(29,30)10-18/h3-8,11,15,18,21,37H,9-10,12-13H2,1-2H3,(H,34,38)(H,31,32,35)/t15-,21-/m1/s1. The number of fused-ring (bicyclic) bond motifs is 1. The molecule has 3 heterocycles. The van der Waals surface area contributed by atoms with Gasteiger partial charge in [-0.25, -0.2) is 23.7 Å². The summed E-state index contributed by atoms with van der Waals surface area (Å²) in [5.41, 5.74) is 3.14. The average molecular weight is 557 g/mol. The minimum atomic E-state index is -2.69. The molecular formula is C27H27ClF2N6O3. The molecule has 2 atom stereocenters. The molecule has 1 saturated carbocycles. The fourth-order valence-electron chi connectivity index (χ4n) is 4.75. The molecule has 1 aromatic carbocycles. The molecule has 39 heavy (non-hydrogen) atoms. The first-order valence-electron chi connectivity index (χ1n) is 12.5. The number of anilines is 1. The molecule has 0 spiro atoms. The van der Waals surface area contributed by atoms with Crippen LogP contribution in [0.15, 0.2) is 42.6 Å². The smallest absolute Gasteiger partial charge is 0.273 e. The topological polar surface area (TPSA) is 120 Å². The highest BCUT2D eigenvalue weighted by Gasteiger charge is 2.45. The van der Waals surface area contributed by atoms with E-state index in [1.54, 1.807) is 19.1 Å². The lowest BCUT2D eigenvalue weighted by Crippen LogP contribution is -2.46. The van der Waals surface area contributed by atoms with Crippen LogP contribution in [0.4, 0.5) is 14.7 Å². The lowest BCUT2D eigenvalue weighted by molar-refractivity contribution is -0.126. The Kier molecular flexibility index (Phi) is 7.21. The number of aliphatic hydroxyl groups is 1. The summed E-state index contributed by atoms with van der Waals surface area (Å²) in [5.74, 6) is -3.38. The molecule has 12 heteroatoms. The van der Waals surface area contributed by atoms with Gasteiger partial charge in [-0.05, 0) is 25.5 Å². The van der Waals surface area contributed by atoms with Crippen LogP contribution in [0.25, 0.3) is 11.4 Å². The molecule has 2 aliphatic rings. The van der Waals surface area contributed by atoms with Gasteiger partial charge in [-0.3, -0.25) is 9.59 Å². The van der Waals surface area contributed by atoms with E-state index in [0.29, 0.717) is 11.3 Å². The number of benzene rings is 1. The van der Waals surface area contributed by atoms with Gasteiger partial charge in [0.05, 0.1) is 29.6 Å². The molecule has 204 valence electrons. The number of amides is 2. The van der Waals surface area contributed by atoms with Crippen molar-refractivity contribution < 1.29 is 23.5 Å². The molecule has 2 aromatic heterocycles. The van der Waals surface area contributed by atoms with Crippen LogP contribution in [-0.4, -0.2) is 61.4 Å². The van der Waals surface area contributed by atoms with Crippen molar-refractivity contribution in [3.8, 4) is 11.4 Å². The largest absolute Gasteiger partial charge is 0.394 e. The number of hydrogen-bond donors (Lipinski definition) is 3. The van der Waals surface area contributed by atoms with E-state index in [1.807, 2.05) is 31.2 Å². The number of nitrogens with one attached hydrogen (secondary N) is 2. The number of carbonyl (C=O) groups is 2. The van der Waals surface area contributed by atoms with E-state index >= 15 is 0 Å². The summed E-state index contributed by atoms with van der Waals surface area (Å²) in [6.07, 6.45) is 0.751. The van der Waals surface area contributed by atoms with E-state index in [-0.39, 0.29) is 48.4 Å². The Balaban J connectivity index is 1.30. The van der Waals surface area contributed by atoms with Crippen molar-refractivity contribution in [2.24, 2.45) is 0 Å². The Morgan fingerprint density at radius 3 is 2.69 bits per heavy atom. The van der Waals surface area contributed by atoms with Gasteiger partial charge in [0.25, 0.3) is 11.8 Å². The van der Waals surface area contributed by atoms with Gasteiger partial charge in [0.1, 0.15) is 17.4 Å². The highest BCUT2D eigenvalue weighted by molar-refractivity contribution is 6.32. The van der Waals surface area contributed by atoms with E-state index in [2.05, 4.69) is 25.6 Å². The zero-order valence-electron chi connectivity index (χ0n) is 21.3. The summed E-state index contributed by atoms with van der Waals surface area (Å²) >= 11 is 6.31. The predicted molar refractivity (Wildman–Crippen MR) is 140 cm³/mol. The van der Waals surface area contributed by atoms with Gasteiger partial charge >= 0.3 is 0 Å². The van der Waals surface area contributed by atoms with E-state index in [0.717, 1.165) is 11.1 Å². The summed E-state index contributed by atoms with van der Waals surface area (Å²) in [7, 11) is 0. The zero-order chi connectivity index (χ0) is 27.9. The molecule has 0 radical (unpaired) electrons. The Hall–Kier alpha value is -3.70. The maximum atomic E-state index is 13.3. The van der Waals surface area contributed by atoms with Crippen molar-refractivity contribution in [3.05, 3.63) is 70.0 Å². The van der Waals surface area contributed by atoms with E-state index in [4.69, 9.17) is 11.6 Å². The second kappa shape index (κ2) is 10.5. The number of aryl methyl sites for hydroxylation is 1. The third-order valence-electron chi connectivity index (χ3n) is 6.98. The summed E-state index contributed by atoms with van der Waals surface area (Å²) < 4.78 is 26.4. The fourth-order valence-corrected chi connectivity index (χ4v) is 4.94. The Bertz CT molecular complexity index is 1430. The van der Waals surface area contributed by atoms with Crippen LogP contribution in [0, 0.1) is 6.92 Å². The van der Waals surface area contributed by atoms with Crippen molar-refractivity contribution in [1.82, 2.24) is 25.2 Å². The van der Waals surface area contributed by atoms with Crippen molar-refractivity contribution in [1.29, 1.82) is 0 Å². The average Bonchev–Trinajstić information content (AvgIpc) is 3.22. The quantitative estimate of drug-likeness (QED) is 0.385. The SMILES string of the molecule is Cc1cccc([C@@H](CO)NC(=O)[C@@H](C)N2Cc3ccc(-c4nc(NC5CC(F)(F)C5)ncc4Cl)nc3C2=O)c1. The number of carbonyl (C=O) groups excluding carboxylic acids is 2. The highest BCUT2D eigenvalue weighted by atomic mass is 35.5. The third kappa shape index (κ3) is 5.55. The number of alkyl halides is 2. The molecule has 9 nitrogen and oxygen atoms in total. The Morgan fingerprint density at radius 1 is 1.23 bits per heavy atom. The zero-order valence-corrected chi connectivity index (χ0v) is 22.0. The van der Waals surface area contributed by atoms with Crippen molar-refractivity contribution >= 4 is 29.4 Å². The van der Waals surface area contributed by atoms with Crippen LogP contribution < -0.4 is 10.6 Å². The van der Waals surface area contributed by atoms with Gasteiger partial charge < -0.3 is 20.6 Å². The van der Waals surface area contributed by atoms with Gasteiger partial charge in [0.2, 0.25) is 11.9 Å². The monoisotopic (exact) mass is 556 g/mol. The number of hydrogen-bond acceptors (Lipinski definition) is 7. The molecule has 0 bridgehead atoms. The maximum Gasteiger partial charge on any atom is 0.273 e. The van der Waals surface area contributed by atoms with Crippen LogP contribution in [-0.2, 0) is 11.3 Å². The molecule has 0 unspecified atom stereocenters. The van der Waals surface area contributed by atoms with Crippen molar-refractivity contribution in [2.45, 2.75) is 57.3 Å². The molecule has 5 rings (SSSR count). The van der Waals surface area contributed by atoms with Gasteiger partial charge in [0, 0.05) is 31.0 Å². The highest BCUT2D eigenvalue weighted by Crippen LogP contribution is 2.39. The normalized spacial score (nSPS) is 17.8. The molecular weight excluding hydrogens is 530 g/mol. The Morgan fingerprint density at radius 2 is 2.00 bits per heavy atom. The van der Waals surface area contributed by atoms with Crippen LogP contribution in [0.3, 0.4) is 0 Å². The Labute approximate surface area is 228 Å². The van der Waals surface area contributed by atoms with Crippen molar-refractivity contribution in [3.63, 3.8) is 0 Å². The minimum Gasteiger partial charge on any atom is -0.394 e. The molecule has 3 aromatic rings. The molecule has 1 aliphatic heterocycles. The molecule has 2 amide bonds. The van der Waals surface area contributed by atoms with Crippen LogP contribution in [0.1, 0.15) is 53.0 Å². The van der Waals surface area contributed by atoms with Gasteiger partial charge in [0.15, 0.2) is 0 Å². The van der Waals surface area contributed by atoms with E-state index in [1.165, 1.54) is 11.1 Å². The summed E-state index contributed by atoms with van der Waals surface area (Å²) in [6, 6.07) is 8.98. The lowest BCUT2D eigenvalue weighted by Gasteiger charge is -2.35. The maximum absolute atomic E-state index is 13.3. The van der Waals surface area contributed by atoms with E-state index in [9.17, 15) is 23.5 Å². The van der Waals surface area contributed by atoms with Gasteiger partial charge in [-0.15, -0.1) is 0 Å². The van der Waals surface area contributed by atoms with E-state index < -0.39 is 35.9 Å². The second-order valence-corrected chi connectivity index (χ2v) is 10.4. The first-order valence-corrected chi connectivity index (χ1v) is 12.9. The number of nitrogens with zero attached hydrogens (tertiary/aromatic N) is 4. The van der Waals surface area contributed by atoms with Crippen LogP contribution in [0.5, 0.6) is 0 Å². The molecule has 3 N–H and O–H groups in total. The number of aliphatic hydroxyl groups excluding tert-OH is 1. The fraction of sp³-hybridized carbons (Fsp3) is 0.370. The summed E-state index contributed by atoms with van der Waals surface area (Å²) in [4.78, 5) is 40.7. The van der Waals surface area contributed by atoms with Gasteiger partial charge in [-0.1, -0.05) is 47.5 Å². The van der Waals surface area contributed by atoms with Gasteiger partial charge in [-0.2, -0.15) is 0 Å². The number of rotatable bonds is 8. The summed E-state index contributed by atoms with van der Waals surface area (Å²) in [5, 5.41) is 15.8. The first-order chi connectivity index (χ1) is 18.5. The molecule has 1 aliphatic carbocycles.